The van der Waals surface area contributed by atoms with Crippen molar-refractivity contribution in [2.24, 2.45) is 0 Å². The van der Waals surface area contributed by atoms with Gasteiger partial charge in [0.2, 0.25) is 5.89 Å². The average molecular weight is 353 g/mol. The standard InChI is InChI=1S/C12H14F3N3O2S2/c1-8-16-9(6-22-8)5-10-17-18-11(20-10)21-4-2-3-19-7-12(13,14)15/h6H,2-5,7H2,1H3. The van der Waals surface area contributed by atoms with Gasteiger partial charge in [-0.05, 0) is 13.3 Å². The smallest absolute Gasteiger partial charge is 0.411 e. The third-order valence-electron chi connectivity index (χ3n) is 2.37. The van der Waals surface area contributed by atoms with E-state index in [1.165, 1.54) is 11.8 Å². The van der Waals surface area contributed by atoms with Crippen molar-refractivity contribution in [1.82, 2.24) is 15.2 Å². The lowest BCUT2D eigenvalue weighted by atomic mass is 10.3. The molecule has 0 atom stereocenters. The monoisotopic (exact) mass is 353 g/mol. The van der Waals surface area contributed by atoms with Gasteiger partial charge >= 0.3 is 6.18 Å². The van der Waals surface area contributed by atoms with E-state index in [0.29, 0.717) is 29.7 Å². The van der Waals surface area contributed by atoms with Crippen molar-refractivity contribution >= 4 is 23.1 Å². The second-order valence-electron chi connectivity index (χ2n) is 4.37. The van der Waals surface area contributed by atoms with Gasteiger partial charge < -0.3 is 9.15 Å². The Balaban J connectivity index is 1.65. The van der Waals surface area contributed by atoms with Crippen molar-refractivity contribution in [1.29, 1.82) is 0 Å². The molecule has 0 aliphatic heterocycles. The molecule has 2 rings (SSSR count). The lowest BCUT2D eigenvalue weighted by Gasteiger charge is -2.06. The summed E-state index contributed by atoms with van der Waals surface area (Å²) in [7, 11) is 0. The molecule has 0 aromatic carbocycles. The van der Waals surface area contributed by atoms with E-state index in [9.17, 15) is 13.2 Å². The molecule has 0 spiro atoms. The summed E-state index contributed by atoms with van der Waals surface area (Å²) in [6, 6.07) is 0. The van der Waals surface area contributed by atoms with E-state index in [4.69, 9.17) is 4.42 Å². The van der Waals surface area contributed by atoms with Crippen LogP contribution in [0.25, 0.3) is 0 Å². The Kier molecular flexibility index (Phi) is 6.21. The Hall–Kier alpha value is -1.13. The van der Waals surface area contributed by atoms with Crippen molar-refractivity contribution < 1.29 is 22.3 Å². The molecule has 5 nitrogen and oxygen atoms in total. The summed E-state index contributed by atoms with van der Waals surface area (Å²) in [6.07, 6.45) is -3.32. The first-order chi connectivity index (χ1) is 10.4. The first-order valence-corrected chi connectivity index (χ1v) is 8.29. The summed E-state index contributed by atoms with van der Waals surface area (Å²) in [5.74, 6) is 1.02. The average Bonchev–Trinajstić information content (AvgIpc) is 3.02. The maximum Gasteiger partial charge on any atom is 0.411 e. The van der Waals surface area contributed by atoms with Gasteiger partial charge in [-0.3, -0.25) is 0 Å². The molecule has 0 N–H and O–H groups in total. The fourth-order valence-electron chi connectivity index (χ4n) is 1.52. The number of alkyl halides is 3. The van der Waals surface area contributed by atoms with E-state index in [1.54, 1.807) is 11.3 Å². The molecule has 2 heterocycles. The third kappa shape index (κ3) is 6.32. The van der Waals surface area contributed by atoms with Gasteiger partial charge in [-0.2, -0.15) is 13.2 Å². The largest absolute Gasteiger partial charge is 0.416 e. The van der Waals surface area contributed by atoms with Gasteiger partial charge in [0, 0.05) is 17.7 Å². The van der Waals surface area contributed by atoms with E-state index in [2.05, 4.69) is 19.9 Å². The van der Waals surface area contributed by atoms with Crippen molar-refractivity contribution in [3.8, 4) is 0 Å². The SMILES string of the molecule is Cc1nc(Cc2nnc(SCCCOCC(F)(F)F)o2)cs1. The number of rotatable bonds is 8. The van der Waals surface area contributed by atoms with Crippen LogP contribution < -0.4 is 0 Å². The second-order valence-corrected chi connectivity index (χ2v) is 6.47. The molecule has 2 aromatic heterocycles. The van der Waals surface area contributed by atoms with Crippen LogP contribution in [0.15, 0.2) is 15.0 Å². The highest BCUT2D eigenvalue weighted by Gasteiger charge is 2.27. The molecule has 122 valence electrons. The number of aromatic nitrogens is 3. The Bertz CT molecular complexity index is 586. The molecule has 0 radical (unpaired) electrons. The molecule has 0 saturated heterocycles. The molecule has 0 bridgehead atoms. The van der Waals surface area contributed by atoms with Crippen LogP contribution >= 0.6 is 23.1 Å². The number of thiazole rings is 1. The van der Waals surface area contributed by atoms with E-state index < -0.39 is 12.8 Å². The fraction of sp³-hybridized carbons (Fsp3) is 0.583. The van der Waals surface area contributed by atoms with Crippen molar-refractivity contribution in [2.75, 3.05) is 19.0 Å². The number of hydrogen-bond donors (Lipinski definition) is 0. The van der Waals surface area contributed by atoms with Crippen LogP contribution in [0.2, 0.25) is 0 Å². The molecule has 0 aliphatic rings. The first-order valence-electron chi connectivity index (χ1n) is 6.43. The summed E-state index contributed by atoms with van der Waals surface area (Å²) in [4.78, 5) is 4.31. The zero-order valence-corrected chi connectivity index (χ0v) is 13.4. The summed E-state index contributed by atoms with van der Waals surface area (Å²) in [5, 5.41) is 11.1. The Morgan fingerprint density at radius 2 is 2.18 bits per heavy atom. The molecular formula is C12H14F3N3O2S2. The normalized spacial score (nSPS) is 12.0. The minimum Gasteiger partial charge on any atom is -0.416 e. The molecule has 0 aliphatic carbocycles. The molecule has 10 heteroatoms. The van der Waals surface area contributed by atoms with Gasteiger partial charge in [-0.15, -0.1) is 21.5 Å². The van der Waals surface area contributed by atoms with E-state index in [-0.39, 0.29) is 6.61 Å². The van der Waals surface area contributed by atoms with Gasteiger partial charge in [-0.25, -0.2) is 4.98 Å². The van der Waals surface area contributed by atoms with E-state index in [0.717, 1.165) is 10.7 Å². The zero-order valence-electron chi connectivity index (χ0n) is 11.7. The maximum atomic E-state index is 11.8. The van der Waals surface area contributed by atoms with Crippen molar-refractivity contribution in [3.63, 3.8) is 0 Å². The van der Waals surface area contributed by atoms with Crippen LogP contribution in [0, 0.1) is 6.92 Å². The Morgan fingerprint density at radius 1 is 1.36 bits per heavy atom. The van der Waals surface area contributed by atoms with Gasteiger partial charge in [0.15, 0.2) is 0 Å². The molecule has 0 unspecified atom stereocenters. The number of ether oxygens (including phenoxy) is 1. The van der Waals surface area contributed by atoms with Gasteiger partial charge in [0.1, 0.15) is 6.61 Å². The van der Waals surface area contributed by atoms with Crippen molar-refractivity contribution in [2.45, 2.75) is 31.2 Å². The van der Waals surface area contributed by atoms with Gasteiger partial charge in [0.25, 0.3) is 5.22 Å². The lowest BCUT2D eigenvalue weighted by Crippen LogP contribution is -2.17. The Morgan fingerprint density at radius 3 is 2.86 bits per heavy atom. The van der Waals surface area contributed by atoms with Crippen molar-refractivity contribution in [3.05, 3.63) is 22.0 Å². The number of halogens is 3. The van der Waals surface area contributed by atoms with Crippen LogP contribution in [-0.2, 0) is 11.2 Å². The lowest BCUT2D eigenvalue weighted by molar-refractivity contribution is -0.173. The molecule has 0 saturated carbocycles. The zero-order chi connectivity index (χ0) is 16.0. The highest BCUT2D eigenvalue weighted by atomic mass is 32.2. The quantitative estimate of drug-likeness (QED) is 0.535. The molecule has 2 aromatic rings. The molecule has 22 heavy (non-hydrogen) atoms. The maximum absolute atomic E-state index is 11.8. The van der Waals surface area contributed by atoms with Crippen LogP contribution in [0.5, 0.6) is 0 Å². The van der Waals surface area contributed by atoms with E-state index >= 15 is 0 Å². The number of aryl methyl sites for hydroxylation is 1. The second kappa shape index (κ2) is 7.93. The minimum absolute atomic E-state index is 0.0472. The first kappa shape index (κ1) is 17.2. The van der Waals surface area contributed by atoms with Crippen LogP contribution in [0.1, 0.15) is 23.0 Å². The molecule has 0 fully saturated rings. The number of hydrogen-bond acceptors (Lipinski definition) is 7. The van der Waals surface area contributed by atoms with Gasteiger partial charge in [-0.1, -0.05) is 11.8 Å². The summed E-state index contributed by atoms with van der Waals surface area (Å²) in [6.45, 7) is 0.755. The Labute approximate surface area is 133 Å². The topological polar surface area (TPSA) is 61.0 Å². The molecule has 0 amide bonds. The highest BCUT2D eigenvalue weighted by Crippen LogP contribution is 2.19. The van der Waals surface area contributed by atoms with Crippen LogP contribution in [0.4, 0.5) is 13.2 Å². The summed E-state index contributed by atoms with van der Waals surface area (Å²) >= 11 is 2.85. The number of nitrogens with zero attached hydrogens (tertiary/aromatic N) is 3. The van der Waals surface area contributed by atoms with Crippen LogP contribution in [0.3, 0.4) is 0 Å². The third-order valence-corrected chi connectivity index (χ3v) is 4.10. The van der Waals surface area contributed by atoms with Crippen LogP contribution in [-0.4, -0.2) is 40.3 Å². The fourth-order valence-corrected chi connectivity index (χ4v) is 2.82. The number of thioether (sulfide) groups is 1. The predicted molar refractivity (Wildman–Crippen MR) is 76.2 cm³/mol. The molecular weight excluding hydrogens is 339 g/mol. The summed E-state index contributed by atoms with van der Waals surface area (Å²) in [5.41, 5.74) is 0.878. The predicted octanol–water partition coefficient (Wildman–Crippen LogP) is 3.49. The minimum atomic E-state index is -4.28. The highest BCUT2D eigenvalue weighted by molar-refractivity contribution is 7.99. The van der Waals surface area contributed by atoms with Gasteiger partial charge in [0.05, 0.1) is 17.1 Å². The van der Waals surface area contributed by atoms with E-state index in [1.807, 2.05) is 12.3 Å². The summed E-state index contributed by atoms with van der Waals surface area (Å²) < 4.78 is 45.5.